The van der Waals surface area contributed by atoms with Crippen molar-refractivity contribution in [2.45, 2.75) is 60.0 Å². The molecule has 8 nitrogen and oxygen atoms in total. The number of hydrogen-bond acceptors (Lipinski definition) is 4. The van der Waals surface area contributed by atoms with Gasteiger partial charge in [0.15, 0.2) is 16.9 Å². The molecule has 3 aromatic heterocycles. The zero-order valence-electron chi connectivity index (χ0n) is 16.2. The van der Waals surface area contributed by atoms with Gasteiger partial charge in [0.1, 0.15) is 0 Å². The van der Waals surface area contributed by atoms with E-state index in [1.54, 1.807) is 14.0 Å². The van der Waals surface area contributed by atoms with Gasteiger partial charge < -0.3 is 4.57 Å². The van der Waals surface area contributed by atoms with Crippen molar-refractivity contribution in [2.75, 3.05) is 0 Å². The average molecular weight is 359 g/mol. The molecule has 0 aliphatic rings. The van der Waals surface area contributed by atoms with Crippen LogP contribution in [0.25, 0.3) is 16.9 Å². The Hall–Kier alpha value is -2.64. The van der Waals surface area contributed by atoms with Crippen LogP contribution in [0.15, 0.2) is 9.59 Å². The number of fused-ring (bicyclic) bond motifs is 3. The largest absolute Gasteiger partial charge is 0.333 e. The highest BCUT2D eigenvalue weighted by Gasteiger charge is 2.25. The van der Waals surface area contributed by atoms with E-state index in [0.29, 0.717) is 16.9 Å². The van der Waals surface area contributed by atoms with Gasteiger partial charge in [-0.05, 0) is 34.1 Å². The minimum atomic E-state index is -0.820. The fourth-order valence-corrected chi connectivity index (χ4v) is 3.39. The summed E-state index contributed by atoms with van der Waals surface area (Å²) in [7, 11) is 1.58. The van der Waals surface area contributed by atoms with Crippen LogP contribution in [0.3, 0.4) is 0 Å². The Morgan fingerprint density at radius 3 is 2.42 bits per heavy atom. The van der Waals surface area contributed by atoms with Crippen molar-refractivity contribution in [1.82, 2.24) is 23.1 Å². The summed E-state index contributed by atoms with van der Waals surface area (Å²) in [6.45, 7) is 9.81. The zero-order chi connectivity index (χ0) is 19.3. The van der Waals surface area contributed by atoms with Crippen molar-refractivity contribution in [3.8, 4) is 0 Å². The molecule has 0 aliphatic carbocycles. The third kappa shape index (κ3) is 2.35. The van der Waals surface area contributed by atoms with E-state index in [1.165, 1.54) is 11.5 Å². The van der Waals surface area contributed by atoms with Crippen LogP contribution in [0.1, 0.15) is 51.0 Å². The van der Waals surface area contributed by atoms with Crippen molar-refractivity contribution >= 4 is 22.7 Å². The predicted octanol–water partition coefficient (Wildman–Crippen LogP) is 1.72. The van der Waals surface area contributed by atoms with Gasteiger partial charge in [-0.15, -0.1) is 0 Å². The monoisotopic (exact) mass is 359 g/mol. The quantitative estimate of drug-likeness (QED) is 0.694. The lowest BCUT2D eigenvalue weighted by molar-refractivity contribution is -0.119. The highest BCUT2D eigenvalue weighted by atomic mass is 16.2. The maximum Gasteiger partial charge on any atom is 0.333 e. The van der Waals surface area contributed by atoms with Crippen molar-refractivity contribution in [3.05, 3.63) is 32.2 Å². The molecule has 1 atom stereocenters. The molecule has 3 heterocycles. The Labute approximate surface area is 150 Å². The highest BCUT2D eigenvalue weighted by Crippen LogP contribution is 2.21. The van der Waals surface area contributed by atoms with Crippen LogP contribution in [0.2, 0.25) is 0 Å². The zero-order valence-corrected chi connectivity index (χ0v) is 16.2. The van der Waals surface area contributed by atoms with Crippen LogP contribution in [0.4, 0.5) is 0 Å². The van der Waals surface area contributed by atoms with Gasteiger partial charge in [0, 0.05) is 25.0 Å². The molecule has 0 N–H and O–H groups in total. The van der Waals surface area contributed by atoms with Gasteiger partial charge in [-0.3, -0.25) is 18.6 Å². The molecule has 0 radical (unpaired) electrons. The molecule has 0 saturated heterocycles. The standard InChI is InChI=1S/C18H25N5O3/c1-7-8-9-21-10(2)11(3)22-14-15(19-17(21)22)20(6)18(26)23(16(14)25)12(4)13(5)24/h12H,7-9H2,1-6H3/t12-/m0/s1. The number of Topliss-reactive ketones (excluding diaryl/α,β-unsaturated/α-hetero) is 1. The molecule has 0 aliphatic heterocycles. The summed E-state index contributed by atoms with van der Waals surface area (Å²) in [5.74, 6) is 0.418. The molecule has 0 aromatic carbocycles. The number of ketones is 1. The second-order valence-corrected chi connectivity index (χ2v) is 6.90. The van der Waals surface area contributed by atoms with Crippen LogP contribution in [-0.4, -0.2) is 28.9 Å². The first-order valence-corrected chi connectivity index (χ1v) is 8.92. The minimum Gasteiger partial charge on any atom is -0.314 e. The highest BCUT2D eigenvalue weighted by molar-refractivity contribution is 5.81. The van der Waals surface area contributed by atoms with Crippen LogP contribution >= 0.6 is 0 Å². The van der Waals surface area contributed by atoms with Gasteiger partial charge in [0.2, 0.25) is 5.78 Å². The number of aromatic nitrogens is 5. The topological polar surface area (TPSA) is 83.3 Å². The predicted molar refractivity (Wildman–Crippen MR) is 100.0 cm³/mol. The Morgan fingerprint density at radius 2 is 1.85 bits per heavy atom. The summed E-state index contributed by atoms with van der Waals surface area (Å²) in [4.78, 5) is 42.2. The smallest absolute Gasteiger partial charge is 0.314 e. The van der Waals surface area contributed by atoms with E-state index < -0.39 is 17.3 Å². The Balaban J connectivity index is 2.49. The van der Waals surface area contributed by atoms with E-state index >= 15 is 0 Å². The molecule has 3 rings (SSSR count). The van der Waals surface area contributed by atoms with Gasteiger partial charge in [-0.25, -0.2) is 9.36 Å². The molecule has 0 amide bonds. The van der Waals surface area contributed by atoms with Crippen molar-refractivity contribution in [3.63, 3.8) is 0 Å². The lowest BCUT2D eigenvalue weighted by Crippen LogP contribution is -2.42. The molecule has 0 saturated carbocycles. The molecular formula is C18H25N5O3. The van der Waals surface area contributed by atoms with Crippen molar-refractivity contribution in [2.24, 2.45) is 7.05 Å². The number of rotatable bonds is 5. The molecule has 0 unspecified atom stereocenters. The van der Waals surface area contributed by atoms with Gasteiger partial charge in [0.05, 0.1) is 6.04 Å². The van der Waals surface area contributed by atoms with Gasteiger partial charge in [-0.1, -0.05) is 13.3 Å². The first-order chi connectivity index (χ1) is 12.2. The Kier molecular flexibility index (Phi) is 4.37. The summed E-state index contributed by atoms with van der Waals surface area (Å²) >= 11 is 0. The lowest BCUT2D eigenvalue weighted by atomic mass is 10.2. The number of hydrogen-bond donors (Lipinski definition) is 0. The second kappa shape index (κ2) is 6.26. The Morgan fingerprint density at radius 1 is 1.19 bits per heavy atom. The van der Waals surface area contributed by atoms with Crippen LogP contribution in [0, 0.1) is 13.8 Å². The second-order valence-electron chi connectivity index (χ2n) is 6.90. The number of unbranched alkanes of at least 4 members (excludes halogenated alkanes) is 1. The summed E-state index contributed by atoms with van der Waals surface area (Å²) in [6.07, 6.45) is 2.04. The molecule has 0 fully saturated rings. The van der Waals surface area contributed by atoms with E-state index in [0.717, 1.165) is 35.3 Å². The van der Waals surface area contributed by atoms with Crippen LogP contribution in [-0.2, 0) is 18.4 Å². The summed E-state index contributed by atoms with van der Waals surface area (Å²) < 4.78 is 6.27. The number of imidazole rings is 2. The van der Waals surface area contributed by atoms with Crippen molar-refractivity contribution in [1.29, 1.82) is 0 Å². The summed E-state index contributed by atoms with van der Waals surface area (Å²) in [6, 6.07) is -0.820. The third-order valence-corrected chi connectivity index (χ3v) is 5.29. The number of nitrogens with zero attached hydrogens (tertiary/aromatic N) is 5. The number of carbonyl (C=O) groups is 1. The molecule has 140 valence electrons. The van der Waals surface area contributed by atoms with Crippen molar-refractivity contribution < 1.29 is 4.79 Å². The van der Waals surface area contributed by atoms with E-state index in [9.17, 15) is 14.4 Å². The van der Waals surface area contributed by atoms with Crippen LogP contribution in [0.5, 0.6) is 0 Å². The van der Waals surface area contributed by atoms with E-state index in [1.807, 2.05) is 18.2 Å². The summed E-state index contributed by atoms with van der Waals surface area (Å²) in [5, 5.41) is 0. The molecule has 0 spiro atoms. The number of aryl methyl sites for hydroxylation is 3. The molecule has 0 bridgehead atoms. The number of carbonyl (C=O) groups excluding carboxylic acids is 1. The van der Waals surface area contributed by atoms with E-state index in [4.69, 9.17) is 0 Å². The summed E-state index contributed by atoms with van der Waals surface area (Å²) in [5.41, 5.74) is 1.63. The minimum absolute atomic E-state index is 0.238. The normalized spacial score (nSPS) is 13.0. The van der Waals surface area contributed by atoms with Gasteiger partial charge in [-0.2, -0.15) is 4.98 Å². The first kappa shape index (κ1) is 18.2. The molecule has 26 heavy (non-hydrogen) atoms. The third-order valence-electron chi connectivity index (χ3n) is 5.29. The fraction of sp³-hybridized carbons (Fsp3) is 0.556. The SMILES string of the molecule is CCCCn1c(C)c(C)n2c3c(=O)n([C@@H](C)C(C)=O)c(=O)n(C)c3nc12. The molecular weight excluding hydrogens is 334 g/mol. The van der Waals surface area contributed by atoms with Gasteiger partial charge >= 0.3 is 5.69 Å². The molecule has 3 aromatic rings. The fourth-order valence-electron chi connectivity index (χ4n) is 3.39. The van der Waals surface area contributed by atoms with E-state index in [-0.39, 0.29) is 5.78 Å². The first-order valence-electron chi connectivity index (χ1n) is 8.92. The molecule has 8 heteroatoms. The average Bonchev–Trinajstić information content (AvgIpc) is 3.08. The Bertz CT molecular complexity index is 1140. The lowest BCUT2D eigenvalue weighted by Gasteiger charge is -2.12. The van der Waals surface area contributed by atoms with E-state index in [2.05, 4.69) is 16.5 Å². The maximum atomic E-state index is 13.1. The maximum absolute atomic E-state index is 13.1. The van der Waals surface area contributed by atoms with Crippen LogP contribution < -0.4 is 11.2 Å². The van der Waals surface area contributed by atoms with Gasteiger partial charge in [0.25, 0.3) is 5.56 Å².